The summed E-state index contributed by atoms with van der Waals surface area (Å²) in [7, 11) is 0. The standard InChI is InChI=1S/C48H36N2/c1-5-14-37(15-6-1)39-24-30-45(31-25-39)49(46-32-26-40(27-33-46)38-16-7-2-8-17-38)47-34-28-41(29-35-47)42-18-13-23-48(36-42)50(43-19-9-3-10-20-43)44-21-11-4-12-22-44/h1-36H. The third-order valence-corrected chi connectivity index (χ3v) is 9.06. The third-order valence-electron chi connectivity index (χ3n) is 9.06. The van der Waals surface area contributed by atoms with Crippen molar-refractivity contribution < 1.29 is 0 Å². The van der Waals surface area contributed by atoms with Crippen LogP contribution in [0.5, 0.6) is 0 Å². The first-order chi connectivity index (χ1) is 24.8. The van der Waals surface area contributed by atoms with Gasteiger partial charge in [-0.25, -0.2) is 0 Å². The van der Waals surface area contributed by atoms with E-state index in [1.165, 1.54) is 22.3 Å². The number of nitrogens with zero attached hydrogens (tertiary/aromatic N) is 2. The molecule has 50 heavy (non-hydrogen) atoms. The Morgan fingerprint density at radius 3 is 0.840 bits per heavy atom. The van der Waals surface area contributed by atoms with Crippen LogP contribution in [0.4, 0.5) is 34.1 Å². The largest absolute Gasteiger partial charge is 0.311 e. The zero-order valence-electron chi connectivity index (χ0n) is 27.7. The lowest BCUT2D eigenvalue weighted by atomic mass is 10.0. The molecule has 0 amide bonds. The highest BCUT2D eigenvalue weighted by Crippen LogP contribution is 2.39. The fourth-order valence-corrected chi connectivity index (χ4v) is 6.54. The molecule has 0 unspecified atom stereocenters. The van der Waals surface area contributed by atoms with Gasteiger partial charge in [-0.15, -0.1) is 0 Å². The van der Waals surface area contributed by atoms with Crippen LogP contribution in [-0.2, 0) is 0 Å². The van der Waals surface area contributed by atoms with E-state index in [2.05, 4.69) is 228 Å². The predicted octanol–water partition coefficient (Wildman–Crippen LogP) is 13.6. The van der Waals surface area contributed by atoms with Crippen LogP contribution >= 0.6 is 0 Å². The third kappa shape index (κ3) is 6.56. The highest BCUT2D eigenvalue weighted by atomic mass is 15.1. The maximum atomic E-state index is 2.33. The van der Waals surface area contributed by atoms with Gasteiger partial charge in [0.1, 0.15) is 0 Å². The average Bonchev–Trinajstić information content (AvgIpc) is 3.21. The van der Waals surface area contributed by atoms with Crippen LogP contribution in [0.15, 0.2) is 218 Å². The molecule has 0 saturated heterocycles. The topological polar surface area (TPSA) is 6.48 Å². The van der Waals surface area contributed by atoms with Crippen molar-refractivity contribution in [2.24, 2.45) is 0 Å². The second kappa shape index (κ2) is 14.2. The molecule has 0 aliphatic rings. The normalized spacial score (nSPS) is 10.8. The minimum Gasteiger partial charge on any atom is -0.311 e. The van der Waals surface area contributed by atoms with E-state index in [1.54, 1.807) is 0 Å². The second-order valence-electron chi connectivity index (χ2n) is 12.3. The summed E-state index contributed by atoms with van der Waals surface area (Å²) in [6, 6.07) is 77.6. The molecular formula is C48H36N2. The van der Waals surface area contributed by atoms with Crippen molar-refractivity contribution in [3.05, 3.63) is 218 Å². The Morgan fingerprint density at radius 1 is 0.180 bits per heavy atom. The molecule has 8 aromatic rings. The molecule has 2 nitrogen and oxygen atoms in total. The molecule has 0 spiro atoms. The fraction of sp³-hybridized carbons (Fsp3) is 0. The van der Waals surface area contributed by atoms with E-state index in [0.29, 0.717) is 0 Å². The molecule has 2 heteroatoms. The second-order valence-corrected chi connectivity index (χ2v) is 12.3. The summed E-state index contributed by atoms with van der Waals surface area (Å²) in [6.07, 6.45) is 0. The van der Waals surface area contributed by atoms with Crippen LogP contribution in [-0.4, -0.2) is 0 Å². The molecule has 238 valence electrons. The van der Waals surface area contributed by atoms with Crippen molar-refractivity contribution in [3.8, 4) is 33.4 Å². The van der Waals surface area contributed by atoms with Crippen molar-refractivity contribution in [1.29, 1.82) is 0 Å². The summed E-state index contributed by atoms with van der Waals surface area (Å²) < 4.78 is 0. The molecule has 0 aliphatic carbocycles. The van der Waals surface area contributed by atoms with E-state index in [4.69, 9.17) is 0 Å². The highest BCUT2D eigenvalue weighted by Gasteiger charge is 2.15. The zero-order chi connectivity index (χ0) is 33.5. The minimum absolute atomic E-state index is 1.10. The monoisotopic (exact) mass is 640 g/mol. The molecule has 8 aromatic carbocycles. The maximum absolute atomic E-state index is 2.33. The van der Waals surface area contributed by atoms with Gasteiger partial charge in [-0.3, -0.25) is 0 Å². The summed E-state index contributed by atoms with van der Waals surface area (Å²) >= 11 is 0. The van der Waals surface area contributed by atoms with Gasteiger partial charge in [0.05, 0.1) is 0 Å². The molecule has 0 heterocycles. The van der Waals surface area contributed by atoms with Crippen molar-refractivity contribution in [2.45, 2.75) is 0 Å². The van der Waals surface area contributed by atoms with Crippen LogP contribution in [0.3, 0.4) is 0 Å². The zero-order valence-corrected chi connectivity index (χ0v) is 27.7. The lowest BCUT2D eigenvalue weighted by Crippen LogP contribution is -2.10. The molecule has 0 atom stereocenters. The van der Waals surface area contributed by atoms with Gasteiger partial charge in [0.25, 0.3) is 0 Å². The number of hydrogen-bond acceptors (Lipinski definition) is 2. The summed E-state index contributed by atoms with van der Waals surface area (Å²) in [5, 5.41) is 0. The lowest BCUT2D eigenvalue weighted by molar-refractivity contribution is 1.28. The molecule has 0 bridgehead atoms. The van der Waals surface area contributed by atoms with Gasteiger partial charge >= 0.3 is 0 Å². The van der Waals surface area contributed by atoms with Crippen molar-refractivity contribution in [2.75, 3.05) is 9.80 Å². The summed E-state index contributed by atoms with van der Waals surface area (Å²) in [6.45, 7) is 0. The number of hydrogen-bond donors (Lipinski definition) is 0. The summed E-state index contributed by atoms with van der Waals surface area (Å²) in [5.74, 6) is 0. The molecule has 8 rings (SSSR count). The minimum atomic E-state index is 1.10. The molecular weight excluding hydrogens is 605 g/mol. The first-order valence-corrected chi connectivity index (χ1v) is 17.0. The van der Waals surface area contributed by atoms with Gasteiger partial charge in [0, 0.05) is 34.1 Å². The Bertz CT molecular complexity index is 2140. The molecule has 0 aromatic heterocycles. The molecule has 0 N–H and O–H groups in total. The molecule has 0 radical (unpaired) electrons. The summed E-state index contributed by atoms with van der Waals surface area (Å²) in [5.41, 5.74) is 13.8. The first kappa shape index (κ1) is 30.7. The number of benzene rings is 8. The number of rotatable bonds is 9. The van der Waals surface area contributed by atoms with E-state index < -0.39 is 0 Å². The molecule has 0 aliphatic heterocycles. The number of para-hydroxylation sites is 2. The Kier molecular flexibility index (Phi) is 8.73. The van der Waals surface area contributed by atoms with Gasteiger partial charge in [-0.2, -0.15) is 0 Å². The van der Waals surface area contributed by atoms with E-state index in [9.17, 15) is 0 Å². The van der Waals surface area contributed by atoms with Gasteiger partial charge in [-0.1, -0.05) is 146 Å². The Balaban J connectivity index is 1.15. The van der Waals surface area contributed by atoms with Crippen LogP contribution in [0.2, 0.25) is 0 Å². The SMILES string of the molecule is c1ccc(-c2ccc(N(c3ccc(-c4ccccc4)cc3)c3ccc(-c4cccc(N(c5ccccc5)c5ccccc5)c4)cc3)cc2)cc1. The Hall–Kier alpha value is -6.64. The van der Waals surface area contributed by atoms with Crippen molar-refractivity contribution in [3.63, 3.8) is 0 Å². The van der Waals surface area contributed by atoms with E-state index >= 15 is 0 Å². The fourth-order valence-electron chi connectivity index (χ4n) is 6.54. The van der Waals surface area contributed by atoms with Gasteiger partial charge in [-0.05, 0) is 106 Å². The molecule has 0 saturated carbocycles. The van der Waals surface area contributed by atoms with Crippen LogP contribution in [0.25, 0.3) is 33.4 Å². The Morgan fingerprint density at radius 2 is 0.440 bits per heavy atom. The van der Waals surface area contributed by atoms with E-state index in [0.717, 1.165) is 45.3 Å². The lowest BCUT2D eigenvalue weighted by Gasteiger charge is -2.27. The van der Waals surface area contributed by atoms with Crippen LogP contribution in [0.1, 0.15) is 0 Å². The first-order valence-electron chi connectivity index (χ1n) is 17.0. The van der Waals surface area contributed by atoms with Gasteiger partial charge in [0.2, 0.25) is 0 Å². The van der Waals surface area contributed by atoms with Gasteiger partial charge < -0.3 is 9.80 Å². The van der Waals surface area contributed by atoms with Crippen molar-refractivity contribution >= 4 is 34.1 Å². The predicted molar refractivity (Wildman–Crippen MR) is 212 cm³/mol. The molecule has 0 fully saturated rings. The Labute approximate surface area is 294 Å². The number of anilines is 6. The van der Waals surface area contributed by atoms with E-state index in [-0.39, 0.29) is 0 Å². The quantitative estimate of drug-likeness (QED) is 0.155. The summed E-state index contributed by atoms with van der Waals surface area (Å²) in [4.78, 5) is 4.63. The average molecular weight is 641 g/mol. The van der Waals surface area contributed by atoms with Crippen LogP contribution in [0, 0.1) is 0 Å². The van der Waals surface area contributed by atoms with Crippen LogP contribution < -0.4 is 9.80 Å². The maximum Gasteiger partial charge on any atom is 0.0467 e. The smallest absolute Gasteiger partial charge is 0.0467 e. The highest BCUT2D eigenvalue weighted by molar-refractivity contribution is 5.83. The van der Waals surface area contributed by atoms with Crippen molar-refractivity contribution in [1.82, 2.24) is 0 Å². The van der Waals surface area contributed by atoms with E-state index in [1.807, 2.05) is 0 Å². The van der Waals surface area contributed by atoms with Gasteiger partial charge in [0.15, 0.2) is 0 Å².